The second-order valence-electron chi connectivity index (χ2n) is 6.29. The van der Waals surface area contributed by atoms with Crippen LogP contribution in [0, 0.1) is 5.82 Å². The summed E-state index contributed by atoms with van der Waals surface area (Å²) in [6, 6.07) is 11.0. The highest BCUT2D eigenvalue weighted by Gasteiger charge is 2.22. The first-order valence-electron chi connectivity index (χ1n) is 8.63. The molecule has 2 aromatic carbocycles. The summed E-state index contributed by atoms with van der Waals surface area (Å²) in [6.07, 6.45) is 1.55. The topological polar surface area (TPSA) is 75.3 Å². The van der Waals surface area contributed by atoms with E-state index in [2.05, 4.69) is 10.0 Å². The Hall–Kier alpha value is -1.90. The Labute approximate surface area is 162 Å². The van der Waals surface area contributed by atoms with Crippen molar-refractivity contribution in [3.05, 3.63) is 59.4 Å². The lowest BCUT2D eigenvalue weighted by molar-refractivity contribution is -0.121. The van der Waals surface area contributed by atoms with E-state index in [9.17, 15) is 17.6 Å². The Bertz CT molecular complexity index is 930. The van der Waals surface area contributed by atoms with Crippen LogP contribution >= 0.6 is 11.8 Å². The third-order valence-electron chi connectivity index (χ3n) is 4.49. The maximum atomic E-state index is 13.5. The van der Waals surface area contributed by atoms with Crippen LogP contribution in [-0.2, 0) is 21.2 Å². The predicted octanol–water partition coefficient (Wildman–Crippen LogP) is 3.02. The van der Waals surface area contributed by atoms with E-state index in [1.54, 1.807) is 30.0 Å². The molecule has 5 nitrogen and oxygen atoms in total. The van der Waals surface area contributed by atoms with Crippen LogP contribution in [-0.4, -0.2) is 27.1 Å². The number of aryl methyl sites for hydroxylation is 1. The van der Waals surface area contributed by atoms with E-state index in [0.717, 1.165) is 28.2 Å². The van der Waals surface area contributed by atoms with Gasteiger partial charge in [0.1, 0.15) is 5.82 Å². The summed E-state index contributed by atoms with van der Waals surface area (Å²) in [6.45, 7) is 0. The molecule has 0 fully saturated rings. The molecule has 1 amide bonds. The fourth-order valence-electron chi connectivity index (χ4n) is 2.99. The number of rotatable bonds is 6. The van der Waals surface area contributed by atoms with Gasteiger partial charge in [-0.1, -0.05) is 12.1 Å². The van der Waals surface area contributed by atoms with Crippen LogP contribution in [0.4, 0.5) is 4.39 Å². The van der Waals surface area contributed by atoms with E-state index in [1.165, 1.54) is 31.3 Å². The number of fused-ring (bicyclic) bond motifs is 1. The SMILES string of the molecule is CNS(=O)(=O)c1ccc(CCC(=O)NC2CCSc3ccc(F)cc32)cc1. The van der Waals surface area contributed by atoms with Gasteiger partial charge in [-0.3, -0.25) is 4.79 Å². The number of hydrogen-bond acceptors (Lipinski definition) is 4. The molecule has 0 bridgehead atoms. The molecular formula is C19H21FN2O3S2. The number of thioether (sulfide) groups is 1. The molecule has 0 saturated carbocycles. The van der Waals surface area contributed by atoms with E-state index in [1.807, 2.05) is 0 Å². The number of halogens is 1. The zero-order valence-electron chi connectivity index (χ0n) is 14.9. The molecule has 1 unspecified atom stereocenters. The molecule has 0 saturated heterocycles. The minimum atomic E-state index is -3.46. The van der Waals surface area contributed by atoms with Crippen molar-refractivity contribution in [3.8, 4) is 0 Å². The Morgan fingerprint density at radius 3 is 2.67 bits per heavy atom. The molecule has 2 aromatic rings. The lowest BCUT2D eigenvalue weighted by atomic mass is 10.0. The van der Waals surface area contributed by atoms with E-state index in [4.69, 9.17) is 0 Å². The van der Waals surface area contributed by atoms with Crippen molar-refractivity contribution in [2.24, 2.45) is 0 Å². The first-order valence-corrected chi connectivity index (χ1v) is 11.1. The summed E-state index contributed by atoms with van der Waals surface area (Å²) >= 11 is 1.67. The molecule has 0 aromatic heterocycles. The summed E-state index contributed by atoms with van der Waals surface area (Å²) in [5.74, 6) is 0.478. The molecule has 0 aliphatic carbocycles. The number of hydrogen-bond donors (Lipinski definition) is 2. The number of carbonyl (C=O) groups is 1. The standard InChI is InChI=1S/C19H21FN2O3S2/c1-21-27(24,25)15-6-2-13(3-7-15)4-9-19(23)22-17-10-11-26-18-8-5-14(20)12-16(17)18/h2-3,5-8,12,17,21H,4,9-11H2,1H3,(H,22,23). The van der Waals surface area contributed by atoms with E-state index in [-0.39, 0.29) is 29.1 Å². The maximum absolute atomic E-state index is 13.5. The van der Waals surface area contributed by atoms with Gasteiger partial charge in [-0.05, 0) is 61.3 Å². The van der Waals surface area contributed by atoms with Crippen molar-refractivity contribution in [2.75, 3.05) is 12.8 Å². The molecule has 2 N–H and O–H groups in total. The summed E-state index contributed by atoms with van der Waals surface area (Å²) in [4.78, 5) is 13.5. The molecule has 3 rings (SSSR count). The van der Waals surface area contributed by atoms with Crippen LogP contribution in [0.3, 0.4) is 0 Å². The molecule has 0 radical (unpaired) electrons. The molecule has 27 heavy (non-hydrogen) atoms. The van der Waals surface area contributed by atoms with Crippen molar-refractivity contribution in [3.63, 3.8) is 0 Å². The fraction of sp³-hybridized carbons (Fsp3) is 0.316. The molecule has 144 valence electrons. The van der Waals surface area contributed by atoms with Gasteiger partial charge in [0, 0.05) is 17.1 Å². The molecule has 1 aliphatic heterocycles. The highest BCUT2D eigenvalue weighted by molar-refractivity contribution is 7.99. The Morgan fingerprint density at radius 1 is 1.22 bits per heavy atom. The van der Waals surface area contributed by atoms with Crippen LogP contribution < -0.4 is 10.0 Å². The normalized spacial score (nSPS) is 16.6. The number of carbonyl (C=O) groups excluding carboxylic acids is 1. The molecule has 1 heterocycles. The lowest BCUT2D eigenvalue weighted by Gasteiger charge is -2.26. The average Bonchev–Trinajstić information content (AvgIpc) is 2.67. The minimum absolute atomic E-state index is 0.103. The monoisotopic (exact) mass is 408 g/mol. The summed E-state index contributed by atoms with van der Waals surface area (Å²) < 4.78 is 39.3. The highest BCUT2D eigenvalue weighted by Crippen LogP contribution is 2.36. The third-order valence-corrected chi connectivity index (χ3v) is 7.04. The van der Waals surface area contributed by atoms with Gasteiger partial charge in [0.15, 0.2) is 0 Å². The maximum Gasteiger partial charge on any atom is 0.240 e. The number of nitrogens with one attached hydrogen (secondary N) is 2. The van der Waals surface area contributed by atoms with E-state index < -0.39 is 10.0 Å². The second-order valence-corrected chi connectivity index (χ2v) is 9.31. The van der Waals surface area contributed by atoms with Crippen molar-refractivity contribution in [1.29, 1.82) is 0 Å². The average molecular weight is 409 g/mol. The lowest BCUT2D eigenvalue weighted by Crippen LogP contribution is -2.30. The van der Waals surface area contributed by atoms with Crippen molar-refractivity contribution >= 4 is 27.7 Å². The molecular weight excluding hydrogens is 387 g/mol. The molecule has 1 aliphatic rings. The van der Waals surface area contributed by atoms with Gasteiger partial charge in [0.05, 0.1) is 10.9 Å². The van der Waals surface area contributed by atoms with Crippen molar-refractivity contribution < 1.29 is 17.6 Å². The first kappa shape index (κ1) is 19.9. The van der Waals surface area contributed by atoms with E-state index >= 15 is 0 Å². The summed E-state index contributed by atoms with van der Waals surface area (Å²) in [5.41, 5.74) is 1.71. The van der Waals surface area contributed by atoms with Crippen LogP contribution in [0.1, 0.15) is 30.0 Å². The van der Waals surface area contributed by atoms with Crippen molar-refractivity contribution in [2.45, 2.75) is 35.1 Å². The highest BCUT2D eigenvalue weighted by atomic mass is 32.2. The van der Waals surface area contributed by atoms with E-state index in [0.29, 0.717) is 6.42 Å². The van der Waals surface area contributed by atoms with Crippen LogP contribution in [0.5, 0.6) is 0 Å². The van der Waals surface area contributed by atoms with Crippen LogP contribution in [0.2, 0.25) is 0 Å². The van der Waals surface area contributed by atoms with Gasteiger partial charge in [-0.2, -0.15) is 0 Å². The van der Waals surface area contributed by atoms with Gasteiger partial charge >= 0.3 is 0 Å². The molecule has 0 spiro atoms. The number of sulfonamides is 1. The number of benzene rings is 2. The predicted molar refractivity (Wildman–Crippen MR) is 104 cm³/mol. The summed E-state index contributed by atoms with van der Waals surface area (Å²) in [7, 11) is -2.10. The Kier molecular flexibility index (Phi) is 6.18. The van der Waals surface area contributed by atoms with Gasteiger partial charge < -0.3 is 5.32 Å². The van der Waals surface area contributed by atoms with Gasteiger partial charge in [0.2, 0.25) is 15.9 Å². The molecule has 1 atom stereocenters. The fourth-order valence-corrected chi connectivity index (χ4v) is 4.83. The largest absolute Gasteiger partial charge is 0.349 e. The summed E-state index contributed by atoms with van der Waals surface area (Å²) in [5, 5.41) is 2.99. The Balaban J connectivity index is 1.59. The minimum Gasteiger partial charge on any atom is -0.349 e. The van der Waals surface area contributed by atoms with Crippen LogP contribution in [0.15, 0.2) is 52.3 Å². The zero-order chi connectivity index (χ0) is 19.4. The quantitative estimate of drug-likeness (QED) is 0.771. The zero-order valence-corrected chi connectivity index (χ0v) is 16.5. The smallest absolute Gasteiger partial charge is 0.240 e. The van der Waals surface area contributed by atoms with Crippen LogP contribution in [0.25, 0.3) is 0 Å². The van der Waals surface area contributed by atoms with Gasteiger partial charge in [0.25, 0.3) is 0 Å². The molecule has 8 heteroatoms. The third kappa shape index (κ3) is 4.88. The Morgan fingerprint density at radius 2 is 1.96 bits per heavy atom. The van der Waals surface area contributed by atoms with Gasteiger partial charge in [-0.15, -0.1) is 11.8 Å². The van der Waals surface area contributed by atoms with Gasteiger partial charge in [-0.25, -0.2) is 17.5 Å². The van der Waals surface area contributed by atoms with Crippen molar-refractivity contribution in [1.82, 2.24) is 10.0 Å². The second kappa shape index (κ2) is 8.41. The number of amides is 1. The first-order chi connectivity index (χ1) is 12.9.